The molecule has 0 aromatic carbocycles. The number of halogens is 2. The second kappa shape index (κ2) is 2.96. The standard InChI is InChI=1S/C6H8F2N2O/c1-10-3-9-4(2-11)5(10)6(7)8/h3,6,11H,2H2,1H3. The number of rotatable bonds is 2. The molecule has 0 saturated carbocycles. The quantitative estimate of drug-likeness (QED) is 0.700. The van der Waals surface area contributed by atoms with Crippen LogP contribution in [0.5, 0.6) is 0 Å². The average molecular weight is 162 g/mol. The maximum atomic E-state index is 12.1. The van der Waals surface area contributed by atoms with Crippen LogP contribution in [0.2, 0.25) is 0 Å². The van der Waals surface area contributed by atoms with Crippen LogP contribution in [0.4, 0.5) is 8.78 Å². The molecule has 0 atom stereocenters. The normalized spacial score (nSPS) is 11.0. The van der Waals surface area contributed by atoms with Gasteiger partial charge in [-0.2, -0.15) is 0 Å². The van der Waals surface area contributed by atoms with E-state index in [-0.39, 0.29) is 11.4 Å². The van der Waals surface area contributed by atoms with E-state index in [0.717, 1.165) is 0 Å². The lowest BCUT2D eigenvalue weighted by Crippen LogP contribution is -1.99. The number of hydrogen-bond donors (Lipinski definition) is 1. The largest absolute Gasteiger partial charge is 0.390 e. The van der Waals surface area contributed by atoms with Crippen LogP contribution in [-0.2, 0) is 13.7 Å². The Bertz CT molecular complexity index is 247. The van der Waals surface area contributed by atoms with Gasteiger partial charge in [0.05, 0.1) is 18.6 Å². The molecule has 1 N–H and O–H groups in total. The first-order valence-electron chi connectivity index (χ1n) is 3.06. The molecule has 11 heavy (non-hydrogen) atoms. The third-order valence-electron chi connectivity index (χ3n) is 1.42. The molecule has 1 rings (SSSR count). The van der Waals surface area contributed by atoms with Gasteiger partial charge in [0.1, 0.15) is 5.69 Å². The first kappa shape index (κ1) is 8.13. The maximum Gasteiger partial charge on any atom is 0.280 e. The number of hydrogen-bond acceptors (Lipinski definition) is 2. The number of alkyl halides is 2. The minimum Gasteiger partial charge on any atom is -0.390 e. The summed E-state index contributed by atoms with van der Waals surface area (Å²) in [4.78, 5) is 3.59. The summed E-state index contributed by atoms with van der Waals surface area (Å²) in [5.74, 6) is 0. The lowest BCUT2D eigenvalue weighted by Gasteiger charge is -2.01. The zero-order chi connectivity index (χ0) is 8.43. The zero-order valence-corrected chi connectivity index (χ0v) is 5.96. The summed E-state index contributed by atoms with van der Waals surface area (Å²) < 4.78 is 25.5. The summed E-state index contributed by atoms with van der Waals surface area (Å²) in [5.41, 5.74) is -0.171. The topological polar surface area (TPSA) is 38.0 Å². The molecule has 0 radical (unpaired) electrons. The van der Waals surface area contributed by atoms with Crippen molar-refractivity contribution in [1.82, 2.24) is 9.55 Å². The Morgan fingerprint density at radius 3 is 2.73 bits per heavy atom. The molecule has 0 spiro atoms. The highest BCUT2D eigenvalue weighted by molar-refractivity contribution is 5.12. The minimum absolute atomic E-state index is 0.0440. The molecule has 0 amide bonds. The van der Waals surface area contributed by atoms with Crippen LogP contribution >= 0.6 is 0 Å². The number of aliphatic hydroxyl groups is 1. The third kappa shape index (κ3) is 1.37. The van der Waals surface area contributed by atoms with Crippen LogP contribution in [0.15, 0.2) is 6.33 Å². The van der Waals surface area contributed by atoms with Crippen LogP contribution in [0.25, 0.3) is 0 Å². The number of aryl methyl sites for hydroxylation is 1. The Morgan fingerprint density at radius 2 is 2.36 bits per heavy atom. The van der Waals surface area contributed by atoms with E-state index in [9.17, 15) is 8.78 Å². The summed E-state index contributed by atoms with van der Waals surface area (Å²) in [5, 5.41) is 8.57. The Morgan fingerprint density at radius 1 is 1.73 bits per heavy atom. The van der Waals surface area contributed by atoms with Crippen LogP contribution in [0, 0.1) is 0 Å². The second-order valence-corrected chi connectivity index (χ2v) is 2.15. The minimum atomic E-state index is -2.58. The maximum absolute atomic E-state index is 12.1. The number of aromatic nitrogens is 2. The van der Waals surface area contributed by atoms with Gasteiger partial charge in [-0.05, 0) is 0 Å². The van der Waals surface area contributed by atoms with Gasteiger partial charge in [0.25, 0.3) is 6.43 Å². The van der Waals surface area contributed by atoms with Crippen molar-refractivity contribution in [3.63, 3.8) is 0 Å². The van der Waals surface area contributed by atoms with Crippen molar-refractivity contribution < 1.29 is 13.9 Å². The highest BCUT2D eigenvalue weighted by atomic mass is 19.3. The molecule has 1 aromatic heterocycles. The van der Waals surface area contributed by atoms with Crippen molar-refractivity contribution in [3.8, 4) is 0 Å². The first-order chi connectivity index (χ1) is 5.16. The summed E-state index contributed by atoms with van der Waals surface area (Å²) in [6.45, 7) is -0.444. The van der Waals surface area contributed by atoms with E-state index in [2.05, 4.69) is 4.98 Å². The van der Waals surface area contributed by atoms with E-state index in [1.165, 1.54) is 17.9 Å². The first-order valence-corrected chi connectivity index (χ1v) is 3.06. The fraction of sp³-hybridized carbons (Fsp3) is 0.500. The van der Waals surface area contributed by atoms with Gasteiger partial charge in [0.2, 0.25) is 0 Å². The predicted octanol–water partition coefficient (Wildman–Crippen LogP) is 0.850. The van der Waals surface area contributed by atoms with Gasteiger partial charge in [-0.15, -0.1) is 0 Å². The van der Waals surface area contributed by atoms with Crippen molar-refractivity contribution in [3.05, 3.63) is 17.7 Å². The van der Waals surface area contributed by atoms with Gasteiger partial charge in [0.15, 0.2) is 0 Å². The Labute approximate surface area is 62.3 Å². The van der Waals surface area contributed by atoms with Gasteiger partial charge in [-0.25, -0.2) is 13.8 Å². The zero-order valence-electron chi connectivity index (χ0n) is 5.96. The highest BCUT2D eigenvalue weighted by Crippen LogP contribution is 2.21. The molecule has 0 aliphatic rings. The summed E-state index contributed by atoms with van der Waals surface area (Å²) in [6, 6.07) is 0. The smallest absolute Gasteiger partial charge is 0.280 e. The van der Waals surface area contributed by atoms with Crippen LogP contribution in [0.3, 0.4) is 0 Å². The predicted molar refractivity (Wildman–Crippen MR) is 34.1 cm³/mol. The van der Waals surface area contributed by atoms with Gasteiger partial charge >= 0.3 is 0 Å². The molecule has 0 aliphatic heterocycles. The molecule has 0 aliphatic carbocycles. The van der Waals surface area contributed by atoms with E-state index < -0.39 is 13.0 Å². The van der Waals surface area contributed by atoms with Crippen molar-refractivity contribution in [2.75, 3.05) is 0 Å². The Hall–Kier alpha value is -0.970. The van der Waals surface area contributed by atoms with E-state index in [1.54, 1.807) is 0 Å². The molecular formula is C6H8F2N2O. The summed E-state index contributed by atoms with van der Waals surface area (Å²) >= 11 is 0. The van der Waals surface area contributed by atoms with Gasteiger partial charge in [-0.1, -0.05) is 0 Å². The van der Waals surface area contributed by atoms with Crippen LogP contribution in [0.1, 0.15) is 17.8 Å². The molecule has 3 nitrogen and oxygen atoms in total. The van der Waals surface area contributed by atoms with E-state index in [1.807, 2.05) is 0 Å². The number of imidazole rings is 1. The van der Waals surface area contributed by atoms with Crippen LogP contribution in [-0.4, -0.2) is 14.7 Å². The lowest BCUT2D eigenvalue weighted by molar-refractivity contribution is 0.138. The molecule has 62 valence electrons. The van der Waals surface area contributed by atoms with Gasteiger partial charge in [0, 0.05) is 7.05 Å². The lowest BCUT2D eigenvalue weighted by atomic mass is 10.3. The summed E-state index contributed by atoms with van der Waals surface area (Å²) in [6.07, 6.45) is -1.32. The van der Waals surface area contributed by atoms with Gasteiger partial charge in [-0.3, -0.25) is 0 Å². The number of nitrogens with zero attached hydrogens (tertiary/aromatic N) is 2. The molecule has 0 unspecified atom stereocenters. The van der Waals surface area contributed by atoms with Crippen molar-refractivity contribution in [2.24, 2.45) is 7.05 Å². The van der Waals surface area contributed by atoms with Crippen molar-refractivity contribution in [1.29, 1.82) is 0 Å². The summed E-state index contributed by atoms with van der Waals surface area (Å²) in [7, 11) is 1.47. The fourth-order valence-electron chi connectivity index (χ4n) is 0.890. The third-order valence-corrected chi connectivity index (χ3v) is 1.42. The van der Waals surface area contributed by atoms with E-state index in [4.69, 9.17) is 5.11 Å². The molecule has 0 bridgehead atoms. The molecule has 5 heteroatoms. The van der Waals surface area contributed by atoms with Crippen molar-refractivity contribution in [2.45, 2.75) is 13.0 Å². The van der Waals surface area contributed by atoms with Gasteiger partial charge < -0.3 is 9.67 Å². The fourth-order valence-corrected chi connectivity index (χ4v) is 0.890. The average Bonchev–Trinajstić information content (AvgIpc) is 2.30. The van der Waals surface area contributed by atoms with Crippen LogP contribution < -0.4 is 0 Å². The highest BCUT2D eigenvalue weighted by Gasteiger charge is 2.16. The van der Waals surface area contributed by atoms with E-state index >= 15 is 0 Å². The Kier molecular flexibility index (Phi) is 2.19. The number of aliphatic hydroxyl groups excluding tert-OH is 1. The Balaban J connectivity index is 3.07. The molecule has 1 heterocycles. The molecule has 0 fully saturated rings. The molecule has 1 aromatic rings. The second-order valence-electron chi connectivity index (χ2n) is 2.15. The van der Waals surface area contributed by atoms with E-state index in [0.29, 0.717) is 0 Å². The SMILES string of the molecule is Cn1cnc(CO)c1C(F)F. The molecular weight excluding hydrogens is 154 g/mol. The molecule has 0 saturated heterocycles. The van der Waals surface area contributed by atoms with Crippen molar-refractivity contribution >= 4 is 0 Å². The monoisotopic (exact) mass is 162 g/mol.